The molecule has 0 aliphatic heterocycles. The number of hydrogen-bond donors (Lipinski definition) is 2. The maximum Gasteiger partial charge on any atom is 0.407 e. The molecule has 1 saturated carbocycles. The molecule has 1 aromatic heterocycles. The minimum atomic E-state index is -0.451. The van der Waals surface area contributed by atoms with Crippen LogP contribution in [-0.2, 0) is 11.3 Å². The fourth-order valence-electron chi connectivity index (χ4n) is 2.83. The van der Waals surface area contributed by atoms with Crippen molar-refractivity contribution in [2.75, 3.05) is 0 Å². The lowest BCUT2D eigenvalue weighted by molar-refractivity contribution is 0.0488. The molecule has 1 fully saturated rings. The minimum Gasteiger partial charge on any atom is -0.444 e. The summed E-state index contributed by atoms with van der Waals surface area (Å²) in [5.41, 5.74) is 1.78. The molecular formula is C18H29N3O2. The zero-order valence-electron chi connectivity index (χ0n) is 14.7. The highest BCUT2D eigenvalue weighted by molar-refractivity contribution is 5.68. The normalized spacial score (nSPS) is 21.7. The molecular weight excluding hydrogens is 290 g/mol. The van der Waals surface area contributed by atoms with Gasteiger partial charge in [-0.05, 0) is 65.0 Å². The van der Waals surface area contributed by atoms with Crippen molar-refractivity contribution in [3.63, 3.8) is 0 Å². The maximum atomic E-state index is 11.9. The van der Waals surface area contributed by atoms with Gasteiger partial charge >= 0.3 is 6.09 Å². The Bertz CT molecular complexity index is 508. The summed E-state index contributed by atoms with van der Waals surface area (Å²) in [7, 11) is 0. The first kappa shape index (κ1) is 17.7. The smallest absolute Gasteiger partial charge is 0.407 e. The molecule has 1 amide bonds. The van der Waals surface area contributed by atoms with Gasteiger partial charge in [0.15, 0.2) is 0 Å². The zero-order valence-corrected chi connectivity index (χ0v) is 14.7. The summed E-state index contributed by atoms with van der Waals surface area (Å²) in [6.45, 7) is 8.45. The van der Waals surface area contributed by atoms with Crippen LogP contribution in [-0.4, -0.2) is 28.8 Å². The predicted molar refractivity (Wildman–Crippen MR) is 91.2 cm³/mol. The third-order valence-corrected chi connectivity index (χ3v) is 3.94. The number of carbonyl (C=O) groups excluding carboxylic acids is 1. The van der Waals surface area contributed by atoms with Gasteiger partial charge in [0, 0.05) is 24.8 Å². The lowest BCUT2D eigenvalue weighted by atomic mass is 9.91. The first-order valence-electron chi connectivity index (χ1n) is 8.46. The van der Waals surface area contributed by atoms with Gasteiger partial charge < -0.3 is 15.4 Å². The summed E-state index contributed by atoms with van der Waals surface area (Å²) in [4.78, 5) is 16.3. The van der Waals surface area contributed by atoms with Gasteiger partial charge in [-0.25, -0.2) is 4.79 Å². The van der Waals surface area contributed by atoms with Crippen LogP contribution in [0.1, 0.15) is 57.7 Å². The summed E-state index contributed by atoms with van der Waals surface area (Å²) < 4.78 is 5.34. The molecule has 5 heteroatoms. The molecule has 0 spiro atoms. The van der Waals surface area contributed by atoms with E-state index >= 15 is 0 Å². The number of nitrogens with one attached hydrogen (secondary N) is 2. The molecule has 1 aliphatic rings. The zero-order chi connectivity index (χ0) is 16.9. The van der Waals surface area contributed by atoms with Gasteiger partial charge in [0.05, 0.1) is 5.69 Å². The van der Waals surface area contributed by atoms with E-state index in [1.54, 1.807) is 0 Å². The molecule has 2 atom stereocenters. The average molecular weight is 319 g/mol. The highest BCUT2D eigenvalue weighted by Crippen LogP contribution is 2.19. The molecule has 2 rings (SSSR count). The topological polar surface area (TPSA) is 63.2 Å². The number of aryl methyl sites for hydroxylation is 1. The van der Waals surface area contributed by atoms with Crippen molar-refractivity contribution in [2.24, 2.45) is 0 Å². The molecule has 1 aromatic rings. The van der Waals surface area contributed by atoms with E-state index in [0.29, 0.717) is 6.04 Å². The molecule has 0 bridgehead atoms. The Morgan fingerprint density at radius 2 is 2.04 bits per heavy atom. The van der Waals surface area contributed by atoms with Crippen molar-refractivity contribution < 1.29 is 9.53 Å². The second-order valence-electron chi connectivity index (χ2n) is 7.41. The average Bonchev–Trinajstić information content (AvgIpc) is 2.45. The van der Waals surface area contributed by atoms with Gasteiger partial charge in [0.25, 0.3) is 0 Å². The van der Waals surface area contributed by atoms with Crippen LogP contribution >= 0.6 is 0 Å². The molecule has 128 valence electrons. The van der Waals surface area contributed by atoms with E-state index in [9.17, 15) is 4.79 Å². The number of nitrogens with zero attached hydrogens (tertiary/aromatic N) is 1. The molecule has 23 heavy (non-hydrogen) atoms. The van der Waals surface area contributed by atoms with Crippen molar-refractivity contribution in [1.29, 1.82) is 0 Å². The Morgan fingerprint density at radius 1 is 1.30 bits per heavy atom. The standard InChI is InChI=1S/C18H29N3O2/c1-13-8-9-16(19-11-13)12-20-14-6-5-7-15(10-14)21-17(22)23-18(2,3)4/h8-9,11,14-15,20H,5-7,10,12H2,1-4H3,(H,21,22)/t14-,15+/m1/s1. The van der Waals surface area contributed by atoms with E-state index in [-0.39, 0.29) is 12.1 Å². The summed E-state index contributed by atoms with van der Waals surface area (Å²) in [5.74, 6) is 0. The number of carbonyl (C=O) groups is 1. The first-order valence-corrected chi connectivity index (χ1v) is 8.46. The monoisotopic (exact) mass is 319 g/mol. The van der Waals surface area contributed by atoms with E-state index in [1.165, 1.54) is 5.56 Å². The van der Waals surface area contributed by atoms with Crippen molar-refractivity contribution in [1.82, 2.24) is 15.6 Å². The van der Waals surface area contributed by atoms with E-state index in [1.807, 2.05) is 33.9 Å². The quantitative estimate of drug-likeness (QED) is 0.893. The van der Waals surface area contributed by atoms with Crippen LogP contribution in [0.15, 0.2) is 18.3 Å². The highest BCUT2D eigenvalue weighted by atomic mass is 16.6. The van der Waals surface area contributed by atoms with Crippen LogP contribution < -0.4 is 10.6 Å². The van der Waals surface area contributed by atoms with Gasteiger partial charge in [-0.15, -0.1) is 0 Å². The Morgan fingerprint density at radius 3 is 2.70 bits per heavy atom. The molecule has 1 aliphatic carbocycles. The van der Waals surface area contributed by atoms with Crippen LogP contribution in [0.3, 0.4) is 0 Å². The lowest BCUT2D eigenvalue weighted by Crippen LogP contribution is -2.45. The largest absolute Gasteiger partial charge is 0.444 e. The third kappa shape index (κ3) is 6.57. The van der Waals surface area contributed by atoms with Crippen LogP contribution in [0.4, 0.5) is 4.79 Å². The van der Waals surface area contributed by atoms with Crippen LogP contribution in [0, 0.1) is 6.92 Å². The maximum absolute atomic E-state index is 11.9. The highest BCUT2D eigenvalue weighted by Gasteiger charge is 2.25. The fraction of sp³-hybridized carbons (Fsp3) is 0.667. The summed E-state index contributed by atoms with van der Waals surface area (Å²) in [6, 6.07) is 4.73. The minimum absolute atomic E-state index is 0.182. The first-order chi connectivity index (χ1) is 10.8. The number of hydrogen-bond acceptors (Lipinski definition) is 4. The van der Waals surface area contributed by atoms with Crippen LogP contribution in [0.5, 0.6) is 0 Å². The van der Waals surface area contributed by atoms with Crippen molar-refractivity contribution in [3.05, 3.63) is 29.6 Å². The summed E-state index contributed by atoms with van der Waals surface area (Å²) in [6.07, 6.45) is 5.77. The number of alkyl carbamates (subject to hydrolysis) is 1. The van der Waals surface area contributed by atoms with Crippen LogP contribution in [0.2, 0.25) is 0 Å². The number of aromatic nitrogens is 1. The van der Waals surface area contributed by atoms with Gasteiger partial charge in [-0.2, -0.15) is 0 Å². The summed E-state index contributed by atoms with van der Waals surface area (Å²) in [5, 5.41) is 6.55. The second-order valence-corrected chi connectivity index (χ2v) is 7.41. The van der Waals surface area contributed by atoms with E-state index < -0.39 is 5.60 Å². The SMILES string of the molecule is Cc1ccc(CN[C@@H]2CCC[C@H](NC(=O)OC(C)(C)C)C2)nc1. The second kappa shape index (κ2) is 7.77. The molecule has 0 radical (unpaired) electrons. The van der Waals surface area contributed by atoms with Crippen molar-refractivity contribution in [2.45, 2.75) is 77.6 Å². The molecule has 2 N–H and O–H groups in total. The van der Waals surface area contributed by atoms with Gasteiger partial charge in [-0.1, -0.05) is 6.07 Å². The molecule has 1 heterocycles. The van der Waals surface area contributed by atoms with Crippen molar-refractivity contribution in [3.8, 4) is 0 Å². The third-order valence-electron chi connectivity index (χ3n) is 3.94. The summed E-state index contributed by atoms with van der Waals surface area (Å²) >= 11 is 0. The number of ether oxygens (including phenoxy) is 1. The Labute approximate surface area is 139 Å². The fourth-order valence-corrected chi connectivity index (χ4v) is 2.83. The lowest BCUT2D eigenvalue weighted by Gasteiger charge is -2.31. The Kier molecular flexibility index (Phi) is 5.99. The van der Waals surface area contributed by atoms with Gasteiger partial charge in [0.2, 0.25) is 0 Å². The van der Waals surface area contributed by atoms with E-state index in [0.717, 1.165) is 37.9 Å². The van der Waals surface area contributed by atoms with Gasteiger partial charge in [-0.3, -0.25) is 4.98 Å². The molecule has 0 saturated heterocycles. The van der Waals surface area contributed by atoms with Gasteiger partial charge in [0.1, 0.15) is 5.60 Å². The predicted octanol–water partition coefficient (Wildman–Crippen LogP) is 3.32. The Hall–Kier alpha value is -1.62. The van der Waals surface area contributed by atoms with E-state index in [4.69, 9.17) is 4.74 Å². The molecule has 0 unspecified atom stereocenters. The van der Waals surface area contributed by atoms with Crippen LogP contribution in [0.25, 0.3) is 0 Å². The number of rotatable bonds is 4. The number of amides is 1. The van der Waals surface area contributed by atoms with Crippen molar-refractivity contribution >= 4 is 6.09 Å². The van der Waals surface area contributed by atoms with E-state index in [2.05, 4.69) is 27.8 Å². The number of pyridine rings is 1. The molecule has 0 aromatic carbocycles. The Balaban J connectivity index is 1.76. The molecule has 5 nitrogen and oxygen atoms in total.